The van der Waals surface area contributed by atoms with Gasteiger partial charge in [0.25, 0.3) is 0 Å². The molecular weight excluding hydrogens is 236 g/mol. The average molecular weight is 256 g/mol. The molecule has 1 atom stereocenters. The Balaban J connectivity index is 2.94. The molecule has 0 aromatic heterocycles. The molecule has 1 aromatic carbocycles. The van der Waals surface area contributed by atoms with Gasteiger partial charge in [-0.05, 0) is 26.3 Å². The predicted octanol–water partition coefficient (Wildman–Crippen LogP) is 1.40. The molecule has 0 fully saturated rings. The zero-order valence-electron chi connectivity index (χ0n) is 10.5. The second-order valence-corrected chi connectivity index (χ2v) is 7.40. The van der Waals surface area contributed by atoms with Gasteiger partial charge in [0, 0.05) is 6.54 Å². The Hall–Kier alpha value is -0.910. The normalized spacial score (nSPS) is 14.6. The van der Waals surface area contributed by atoms with Crippen LogP contribution in [-0.2, 0) is 10.0 Å². The van der Waals surface area contributed by atoms with Gasteiger partial charge in [0.2, 0.25) is 10.0 Å². The van der Waals surface area contributed by atoms with E-state index >= 15 is 0 Å². The van der Waals surface area contributed by atoms with Crippen LogP contribution in [-0.4, -0.2) is 19.7 Å². The Bertz CT molecular complexity index is 449. The molecule has 96 valence electrons. The van der Waals surface area contributed by atoms with Gasteiger partial charge in [-0.1, -0.05) is 30.3 Å². The van der Waals surface area contributed by atoms with Crippen LogP contribution in [0.15, 0.2) is 30.3 Å². The van der Waals surface area contributed by atoms with Crippen molar-refractivity contribution < 1.29 is 8.42 Å². The molecule has 0 spiro atoms. The van der Waals surface area contributed by atoms with E-state index < -0.39 is 14.8 Å². The highest BCUT2D eigenvalue weighted by Crippen LogP contribution is 2.19. The molecule has 4 nitrogen and oxygen atoms in total. The van der Waals surface area contributed by atoms with Gasteiger partial charge in [-0.15, -0.1) is 0 Å². The molecule has 0 aliphatic carbocycles. The average Bonchev–Trinajstić information content (AvgIpc) is 2.25. The van der Waals surface area contributed by atoms with E-state index in [0.29, 0.717) is 0 Å². The fraction of sp³-hybridized carbons (Fsp3) is 0.500. The van der Waals surface area contributed by atoms with Crippen molar-refractivity contribution in [3.63, 3.8) is 0 Å². The lowest BCUT2D eigenvalue weighted by molar-refractivity contribution is 0.525. The molecule has 3 N–H and O–H groups in total. The maximum Gasteiger partial charge on any atom is 0.217 e. The number of rotatable bonds is 4. The van der Waals surface area contributed by atoms with E-state index in [1.165, 1.54) is 0 Å². The second kappa shape index (κ2) is 5.16. The molecule has 0 heterocycles. The van der Waals surface area contributed by atoms with E-state index in [4.69, 9.17) is 5.73 Å². The van der Waals surface area contributed by atoms with Crippen LogP contribution in [0.1, 0.15) is 32.4 Å². The maximum atomic E-state index is 12.0. The molecule has 1 unspecified atom stereocenters. The molecule has 0 saturated heterocycles. The van der Waals surface area contributed by atoms with Crippen LogP contribution in [0.25, 0.3) is 0 Å². The molecule has 1 rings (SSSR count). The van der Waals surface area contributed by atoms with E-state index in [2.05, 4.69) is 4.72 Å². The fourth-order valence-electron chi connectivity index (χ4n) is 1.30. The maximum absolute atomic E-state index is 12.0. The summed E-state index contributed by atoms with van der Waals surface area (Å²) in [7, 11) is -3.39. The number of hydrogen-bond acceptors (Lipinski definition) is 3. The first-order valence-corrected chi connectivity index (χ1v) is 7.03. The highest BCUT2D eigenvalue weighted by atomic mass is 32.2. The molecule has 0 saturated carbocycles. The number of nitrogens with two attached hydrogens (primary N) is 1. The Morgan fingerprint density at radius 1 is 1.24 bits per heavy atom. The van der Waals surface area contributed by atoms with Crippen LogP contribution in [0.4, 0.5) is 0 Å². The van der Waals surface area contributed by atoms with Gasteiger partial charge >= 0.3 is 0 Å². The Morgan fingerprint density at radius 3 is 2.18 bits per heavy atom. The quantitative estimate of drug-likeness (QED) is 0.855. The minimum Gasteiger partial charge on any atom is -0.329 e. The van der Waals surface area contributed by atoms with Crippen LogP contribution >= 0.6 is 0 Å². The monoisotopic (exact) mass is 256 g/mol. The van der Waals surface area contributed by atoms with Crippen molar-refractivity contribution >= 4 is 10.0 Å². The molecule has 0 aliphatic rings. The minimum atomic E-state index is -3.39. The fourth-order valence-corrected chi connectivity index (χ4v) is 2.26. The first-order chi connectivity index (χ1) is 7.78. The van der Waals surface area contributed by atoms with Gasteiger partial charge in [-0.25, -0.2) is 13.1 Å². The molecule has 0 aliphatic heterocycles. The van der Waals surface area contributed by atoms with E-state index in [1.54, 1.807) is 20.8 Å². The number of benzene rings is 1. The summed E-state index contributed by atoms with van der Waals surface area (Å²) < 4.78 is 25.9. The summed E-state index contributed by atoms with van der Waals surface area (Å²) >= 11 is 0. The molecule has 1 aromatic rings. The van der Waals surface area contributed by atoms with Crippen molar-refractivity contribution in [3.05, 3.63) is 35.9 Å². The first kappa shape index (κ1) is 14.2. The first-order valence-electron chi connectivity index (χ1n) is 5.55. The molecule has 0 bridgehead atoms. The van der Waals surface area contributed by atoms with E-state index in [1.807, 2.05) is 30.3 Å². The molecule has 17 heavy (non-hydrogen) atoms. The topological polar surface area (TPSA) is 72.2 Å². The minimum absolute atomic E-state index is 0.235. The smallest absolute Gasteiger partial charge is 0.217 e. The summed E-state index contributed by atoms with van der Waals surface area (Å²) in [6.07, 6.45) is 0. The van der Waals surface area contributed by atoms with E-state index in [9.17, 15) is 8.42 Å². The lowest BCUT2D eigenvalue weighted by Crippen LogP contribution is -2.43. The van der Waals surface area contributed by atoms with Crippen LogP contribution in [0.2, 0.25) is 0 Å². The molecular formula is C12H20N2O2S. The third-order valence-corrected chi connectivity index (χ3v) is 4.75. The van der Waals surface area contributed by atoms with Gasteiger partial charge in [-0.3, -0.25) is 0 Å². The Labute approximate surface area is 103 Å². The van der Waals surface area contributed by atoms with Gasteiger partial charge in [-0.2, -0.15) is 0 Å². The van der Waals surface area contributed by atoms with Crippen molar-refractivity contribution in [2.45, 2.75) is 31.6 Å². The summed E-state index contributed by atoms with van der Waals surface area (Å²) in [6.45, 7) is 5.22. The summed E-state index contributed by atoms with van der Waals surface area (Å²) in [4.78, 5) is 0. The van der Waals surface area contributed by atoms with E-state index in [-0.39, 0.29) is 12.6 Å². The number of hydrogen-bond donors (Lipinski definition) is 2. The van der Waals surface area contributed by atoms with Crippen molar-refractivity contribution in [1.82, 2.24) is 4.72 Å². The lowest BCUT2D eigenvalue weighted by atomic mass is 10.1. The summed E-state index contributed by atoms with van der Waals surface area (Å²) in [6, 6.07) is 8.97. The number of nitrogens with one attached hydrogen (secondary N) is 1. The van der Waals surface area contributed by atoms with Gasteiger partial charge in [0.15, 0.2) is 0 Å². The highest BCUT2D eigenvalue weighted by Gasteiger charge is 2.31. The summed E-state index contributed by atoms with van der Waals surface area (Å²) in [5.74, 6) is 0. The molecule has 5 heteroatoms. The zero-order valence-corrected chi connectivity index (χ0v) is 11.3. The van der Waals surface area contributed by atoms with Crippen molar-refractivity contribution in [3.8, 4) is 0 Å². The third-order valence-electron chi connectivity index (χ3n) is 2.54. The van der Waals surface area contributed by atoms with Gasteiger partial charge < -0.3 is 5.73 Å². The highest BCUT2D eigenvalue weighted by molar-refractivity contribution is 7.90. The second-order valence-electron chi connectivity index (χ2n) is 4.93. The van der Waals surface area contributed by atoms with Crippen LogP contribution < -0.4 is 10.5 Å². The van der Waals surface area contributed by atoms with Gasteiger partial charge in [0.1, 0.15) is 0 Å². The zero-order chi connectivity index (χ0) is 13.1. The van der Waals surface area contributed by atoms with Crippen LogP contribution in [0, 0.1) is 0 Å². The Kier molecular flexibility index (Phi) is 4.30. The number of sulfonamides is 1. The standard InChI is InChI=1S/C12H20N2O2S/c1-12(2,3)17(15,16)14-11(9-13)10-7-5-4-6-8-10/h4-8,11,14H,9,13H2,1-3H3. The van der Waals surface area contributed by atoms with Crippen molar-refractivity contribution in [1.29, 1.82) is 0 Å². The van der Waals surface area contributed by atoms with Crippen molar-refractivity contribution in [2.75, 3.05) is 6.54 Å². The van der Waals surface area contributed by atoms with Gasteiger partial charge in [0.05, 0.1) is 10.8 Å². The molecule has 0 radical (unpaired) electrons. The summed E-state index contributed by atoms with van der Waals surface area (Å²) in [5, 5.41) is 0. The largest absolute Gasteiger partial charge is 0.329 e. The SMILES string of the molecule is CC(C)(C)S(=O)(=O)NC(CN)c1ccccc1. The van der Waals surface area contributed by atoms with Crippen LogP contribution in [0.5, 0.6) is 0 Å². The van der Waals surface area contributed by atoms with Crippen LogP contribution in [0.3, 0.4) is 0 Å². The third kappa shape index (κ3) is 3.52. The van der Waals surface area contributed by atoms with E-state index in [0.717, 1.165) is 5.56 Å². The molecule has 0 amide bonds. The summed E-state index contributed by atoms with van der Waals surface area (Å²) in [5.41, 5.74) is 6.51. The predicted molar refractivity (Wildman–Crippen MR) is 70.0 cm³/mol. The lowest BCUT2D eigenvalue weighted by Gasteiger charge is -2.24. The van der Waals surface area contributed by atoms with Crippen molar-refractivity contribution in [2.24, 2.45) is 5.73 Å². The Morgan fingerprint density at radius 2 is 1.76 bits per heavy atom.